The molecule has 1 aliphatic rings. The van der Waals surface area contributed by atoms with Crippen molar-refractivity contribution in [3.05, 3.63) is 54.1 Å². The van der Waals surface area contributed by atoms with Gasteiger partial charge in [-0.3, -0.25) is 9.59 Å². The van der Waals surface area contributed by atoms with E-state index >= 15 is 0 Å². The molecule has 4 N–H and O–H groups in total. The summed E-state index contributed by atoms with van der Waals surface area (Å²) in [6.07, 6.45) is -3.49. The first-order valence-corrected chi connectivity index (χ1v) is 14.4. The van der Waals surface area contributed by atoms with Crippen molar-refractivity contribution in [3.8, 4) is 0 Å². The summed E-state index contributed by atoms with van der Waals surface area (Å²) in [6.45, 7) is 4.11. The van der Waals surface area contributed by atoms with Gasteiger partial charge in [-0.25, -0.2) is 8.42 Å². The number of carbonyl (C=O) groups is 2. The highest BCUT2D eigenvalue weighted by Gasteiger charge is 2.37. The number of nitrogens with two attached hydrogens (primary N) is 1. The van der Waals surface area contributed by atoms with Crippen molar-refractivity contribution in [2.45, 2.75) is 68.7 Å². The fraction of sp³-hybridized carbons (Fsp3) is 0.481. The molecule has 2 amide bonds. The van der Waals surface area contributed by atoms with Crippen LogP contribution in [0.1, 0.15) is 45.1 Å². The molecule has 1 saturated carbocycles. The van der Waals surface area contributed by atoms with Crippen LogP contribution in [0.15, 0.2) is 53.4 Å². The lowest BCUT2D eigenvalue weighted by Crippen LogP contribution is -2.51. The van der Waals surface area contributed by atoms with Crippen LogP contribution in [0.4, 0.5) is 24.5 Å². The van der Waals surface area contributed by atoms with Crippen LogP contribution in [-0.4, -0.2) is 56.1 Å². The summed E-state index contributed by atoms with van der Waals surface area (Å²) in [4.78, 5) is 27.7. The number of anilines is 2. The molecule has 3 rings (SSSR count). The lowest BCUT2D eigenvalue weighted by molar-refractivity contribution is -0.137. The number of nitrogens with zero attached hydrogens (tertiary/aromatic N) is 1. The molecule has 0 bridgehead atoms. The first kappa shape index (κ1) is 30.4. The van der Waals surface area contributed by atoms with E-state index < -0.39 is 51.8 Å². The van der Waals surface area contributed by atoms with Crippen LogP contribution < -0.4 is 16.4 Å². The first-order valence-electron chi connectivity index (χ1n) is 12.7. The summed E-state index contributed by atoms with van der Waals surface area (Å²) in [5, 5.41) is 5.07. The number of hydrogen-bond acceptors (Lipinski definition) is 6. The number of sulfone groups is 1. The van der Waals surface area contributed by atoms with E-state index in [2.05, 4.69) is 29.4 Å². The van der Waals surface area contributed by atoms with Crippen LogP contribution in [0.3, 0.4) is 0 Å². The minimum absolute atomic E-state index is 0.0736. The van der Waals surface area contributed by atoms with E-state index in [4.69, 9.17) is 5.73 Å². The smallest absolute Gasteiger partial charge is 0.397 e. The Morgan fingerprint density at radius 2 is 1.74 bits per heavy atom. The summed E-state index contributed by atoms with van der Waals surface area (Å²) in [5.41, 5.74) is 4.40. The van der Waals surface area contributed by atoms with Gasteiger partial charge < -0.3 is 21.3 Å². The lowest BCUT2D eigenvalue weighted by atomic mass is 9.81. The number of alkyl halides is 3. The van der Waals surface area contributed by atoms with Gasteiger partial charge in [-0.05, 0) is 76.4 Å². The second-order valence-corrected chi connectivity index (χ2v) is 12.3. The third-order valence-electron chi connectivity index (χ3n) is 7.20. The van der Waals surface area contributed by atoms with E-state index in [0.29, 0.717) is 18.9 Å². The average Bonchev–Trinajstić information content (AvgIpc) is 2.85. The number of halogens is 3. The first-order chi connectivity index (χ1) is 18.2. The summed E-state index contributed by atoms with van der Waals surface area (Å²) >= 11 is 0. The van der Waals surface area contributed by atoms with Crippen molar-refractivity contribution in [1.82, 2.24) is 10.2 Å². The summed E-state index contributed by atoms with van der Waals surface area (Å²) < 4.78 is 65.4. The van der Waals surface area contributed by atoms with Crippen molar-refractivity contribution in [2.75, 3.05) is 23.9 Å². The maximum Gasteiger partial charge on any atom is 0.416 e. The van der Waals surface area contributed by atoms with Gasteiger partial charge in [0, 0.05) is 18.1 Å². The van der Waals surface area contributed by atoms with Crippen molar-refractivity contribution >= 4 is 33.0 Å². The quantitative estimate of drug-likeness (QED) is 0.310. The van der Waals surface area contributed by atoms with E-state index in [-0.39, 0.29) is 34.1 Å². The molecule has 39 heavy (non-hydrogen) atoms. The number of hydrogen-bond donors (Lipinski definition) is 3. The van der Waals surface area contributed by atoms with Gasteiger partial charge in [0.2, 0.25) is 11.8 Å². The second-order valence-electron chi connectivity index (χ2n) is 10.3. The molecule has 0 saturated heterocycles. The molecule has 2 aromatic rings. The van der Waals surface area contributed by atoms with Crippen molar-refractivity contribution in [2.24, 2.45) is 5.92 Å². The maximum absolute atomic E-state index is 13.2. The van der Waals surface area contributed by atoms with Crippen LogP contribution >= 0.6 is 0 Å². The average molecular weight is 569 g/mol. The Kier molecular flexibility index (Phi) is 9.65. The molecule has 8 nitrogen and oxygen atoms in total. The Balaban J connectivity index is 1.71. The predicted octanol–water partition coefficient (Wildman–Crippen LogP) is 4.08. The van der Waals surface area contributed by atoms with Gasteiger partial charge in [0.15, 0.2) is 9.84 Å². The second kappa shape index (κ2) is 12.4. The Labute approximate surface area is 227 Å². The van der Waals surface area contributed by atoms with E-state index in [1.165, 1.54) is 12.1 Å². The van der Waals surface area contributed by atoms with Gasteiger partial charge in [0.25, 0.3) is 0 Å². The Morgan fingerprint density at radius 3 is 2.36 bits per heavy atom. The maximum atomic E-state index is 13.2. The third-order valence-corrected chi connectivity index (χ3v) is 9.06. The van der Waals surface area contributed by atoms with Crippen LogP contribution in [0.2, 0.25) is 0 Å². The van der Waals surface area contributed by atoms with Crippen LogP contribution in [0.25, 0.3) is 0 Å². The lowest BCUT2D eigenvalue weighted by Gasteiger charge is -2.41. The highest BCUT2D eigenvalue weighted by atomic mass is 32.2. The molecule has 214 valence electrons. The molecule has 0 heterocycles. The molecule has 0 radical (unpaired) electrons. The predicted molar refractivity (Wildman–Crippen MR) is 144 cm³/mol. The summed E-state index contributed by atoms with van der Waals surface area (Å²) in [6, 6.07) is 10.5. The molecule has 0 spiro atoms. The van der Waals surface area contributed by atoms with E-state index in [1.807, 2.05) is 7.05 Å². The van der Waals surface area contributed by atoms with Crippen molar-refractivity contribution in [1.29, 1.82) is 0 Å². The number of amides is 2. The van der Waals surface area contributed by atoms with Gasteiger partial charge in [0.1, 0.15) is 6.42 Å². The molecule has 1 aliphatic carbocycles. The van der Waals surface area contributed by atoms with Crippen molar-refractivity contribution < 1.29 is 31.2 Å². The van der Waals surface area contributed by atoms with Crippen LogP contribution in [-0.2, 0) is 25.6 Å². The fourth-order valence-corrected chi connectivity index (χ4v) is 6.55. The molecule has 0 aliphatic heterocycles. The summed E-state index contributed by atoms with van der Waals surface area (Å²) in [5.74, 6) is -2.06. The number of benzene rings is 2. The zero-order valence-electron chi connectivity index (χ0n) is 22.2. The van der Waals surface area contributed by atoms with Crippen LogP contribution in [0, 0.1) is 5.92 Å². The SMILES string of the molecule is CC(C)N(C)[C@H]1CC[C@H](NC(=O)CC(=O)Nc2cc(C(F)(F)F)ccc2N)[C@@H](CS(=O)(=O)c2ccccc2)C1. The van der Waals surface area contributed by atoms with Gasteiger partial charge in [-0.15, -0.1) is 0 Å². The minimum Gasteiger partial charge on any atom is -0.397 e. The van der Waals surface area contributed by atoms with Gasteiger partial charge >= 0.3 is 6.18 Å². The van der Waals surface area contributed by atoms with Gasteiger partial charge in [0.05, 0.1) is 27.6 Å². The van der Waals surface area contributed by atoms with Crippen LogP contribution in [0.5, 0.6) is 0 Å². The molecular formula is C27H35F3N4O4S. The van der Waals surface area contributed by atoms with Crippen molar-refractivity contribution in [3.63, 3.8) is 0 Å². The zero-order valence-corrected chi connectivity index (χ0v) is 23.0. The largest absolute Gasteiger partial charge is 0.416 e. The number of rotatable bonds is 9. The highest BCUT2D eigenvalue weighted by molar-refractivity contribution is 7.91. The Hall–Kier alpha value is -3.12. The van der Waals surface area contributed by atoms with E-state index in [0.717, 1.165) is 18.6 Å². The molecule has 1 fully saturated rings. The molecular weight excluding hydrogens is 533 g/mol. The molecule has 0 aromatic heterocycles. The molecule has 2 aromatic carbocycles. The minimum atomic E-state index is -4.62. The number of nitrogen functional groups attached to an aromatic ring is 1. The number of carbonyl (C=O) groups excluding carboxylic acids is 2. The van der Waals surface area contributed by atoms with Gasteiger partial charge in [-0.2, -0.15) is 13.2 Å². The molecule has 3 atom stereocenters. The monoisotopic (exact) mass is 568 g/mol. The third kappa shape index (κ3) is 8.18. The normalized spacial score (nSPS) is 20.2. The molecule has 12 heteroatoms. The summed E-state index contributed by atoms with van der Waals surface area (Å²) in [7, 11) is -1.65. The Bertz CT molecular complexity index is 1270. The van der Waals surface area contributed by atoms with E-state index in [1.54, 1.807) is 18.2 Å². The standard InChI is InChI=1S/C27H35F3N4O4S/c1-17(2)34(3)20-10-12-23(18(13-20)16-39(37,38)21-7-5-4-6-8-21)32-25(35)15-26(36)33-24-14-19(27(28,29)30)9-11-22(24)31/h4-9,11,14,17-18,20,23H,10,12-13,15-16,31H2,1-3H3,(H,32,35)(H,33,36)/t18-,20+,23+/m1/s1. The van der Waals surface area contributed by atoms with E-state index in [9.17, 15) is 31.2 Å². The zero-order chi connectivity index (χ0) is 29.0. The highest BCUT2D eigenvalue weighted by Crippen LogP contribution is 2.33. The van der Waals surface area contributed by atoms with Gasteiger partial charge in [-0.1, -0.05) is 18.2 Å². The fourth-order valence-electron chi connectivity index (χ4n) is 4.85. The topological polar surface area (TPSA) is 122 Å². The number of nitrogens with one attached hydrogen (secondary N) is 2. The Morgan fingerprint density at radius 1 is 1.08 bits per heavy atom. The molecule has 0 unspecified atom stereocenters.